The molecule has 140 valence electrons. The van der Waals surface area contributed by atoms with Crippen molar-refractivity contribution in [1.29, 1.82) is 0 Å². The lowest BCUT2D eigenvalue weighted by atomic mass is 10.2. The fourth-order valence-corrected chi connectivity index (χ4v) is 2.08. The van der Waals surface area contributed by atoms with Crippen molar-refractivity contribution in [3.63, 3.8) is 0 Å². The number of rotatable bonds is 7. The highest BCUT2D eigenvalue weighted by molar-refractivity contribution is 5.89. The van der Waals surface area contributed by atoms with E-state index in [1.165, 1.54) is 49.8 Å². The second kappa shape index (κ2) is 8.41. The maximum atomic E-state index is 12.7. The SMILES string of the molecule is COC(=O)c1ccc(OCC(=O)N(Cc2ccco2)CC(F)(F)F)cc1. The van der Waals surface area contributed by atoms with Crippen LogP contribution in [-0.4, -0.2) is 43.2 Å². The van der Waals surface area contributed by atoms with Crippen LogP contribution in [0.4, 0.5) is 13.2 Å². The van der Waals surface area contributed by atoms with E-state index in [0.29, 0.717) is 4.90 Å². The molecule has 0 spiro atoms. The summed E-state index contributed by atoms with van der Waals surface area (Å²) in [6.45, 7) is -2.33. The molecule has 0 fully saturated rings. The molecule has 0 saturated heterocycles. The number of halogens is 3. The third kappa shape index (κ3) is 5.83. The van der Waals surface area contributed by atoms with Crippen LogP contribution in [0.15, 0.2) is 47.1 Å². The average Bonchev–Trinajstić information content (AvgIpc) is 3.10. The third-order valence-corrected chi connectivity index (χ3v) is 3.29. The van der Waals surface area contributed by atoms with Gasteiger partial charge in [0.25, 0.3) is 5.91 Å². The molecule has 1 amide bonds. The highest BCUT2D eigenvalue weighted by atomic mass is 19.4. The summed E-state index contributed by atoms with van der Waals surface area (Å²) in [6.07, 6.45) is -3.24. The number of methoxy groups -OCH3 is 1. The molecule has 2 aromatic rings. The van der Waals surface area contributed by atoms with Crippen molar-refractivity contribution in [3.8, 4) is 5.75 Å². The first-order valence-corrected chi connectivity index (χ1v) is 7.46. The Morgan fingerprint density at radius 3 is 2.38 bits per heavy atom. The summed E-state index contributed by atoms with van der Waals surface area (Å²) >= 11 is 0. The number of carbonyl (C=O) groups is 2. The Bertz CT molecular complexity index is 726. The molecule has 0 N–H and O–H groups in total. The zero-order valence-corrected chi connectivity index (χ0v) is 13.8. The maximum absolute atomic E-state index is 12.7. The van der Waals surface area contributed by atoms with Gasteiger partial charge in [-0.05, 0) is 36.4 Å². The molecule has 0 aliphatic rings. The van der Waals surface area contributed by atoms with Gasteiger partial charge >= 0.3 is 12.1 Å². The maximum Gasteiger partial charge on any atom is 0.406 e. The molecule has 0 bridgehead atoms. The zero-order chi connectivity index (χ0) is 19.2. The molecule has 1 aromatic heterocycles. The largest absolute Gasteiger partial charge is 0.484 e. The van der Waals surface area contributed by atoms with Gasteiger partial charge in [0.2, 0.25) is 0 Å². The van der Waals surface area contributed by atoms with Crippen LogP contribution in [0.1, 0.15) is 16.1 Å². The first kappa shape index (κ1) is 19.4. The summed E-state index contributed by atoms with van der Waals surface area (Å²) in [5.74, 6) is -0.931. The third-order valence-electron chi connectivity index (χ3n) is 3.29. The highest BCUT2D eigenvalue weighted by Crippen LogP contribution is 2.19. The fourth-order valence-electron chi connectivity index (χ4n) is 2.08. The van der Waals surface area contributed by atoms with Gasteiger partial charge in [-0.3, -0.25) is 4.79 Å². The van der Waals surface area contributed by atoms with Crippen LogP contribution in [0.5, 0.6) is 5.75 Å². The summed E-state index contributed by atoms with van der Waals surface area (Å²) in [5.41, 5.74) is 0.280. The van der Waals surface area contributed by atoms with Gasteiger partial charge < -0.3 is 18.8 Å². The van der Waals surface area contributed by atoms with Crippen molar-refractivity contribution in [2.24, 2.45) is 0 Å². The van der Waals surface area contributed by atoms with Crippen molar-refractivity contribution in [2.45, 2.75) is 12.7 Å². The number of hydrogen-bond donors (Lipinski definition) is 0. The number of esters is 1. The van der Waals surface area contributed by atoms with E-state index in [-0.39, 0.29) is 23.6 Å². The Balaban J connectivity index is 1.98. The topological polar surface area (TPSA) is 69.0 Å². The molecule has 1 heterocycles. The molecular weight excluding hydrogens is 355 g/mol. The van der Waals surface area contributed by atoms with Crippen molar-refractivity contribution in [2.75, 3.05) is 20.3 Å². The lowest BCUT2D eigenvalue weighted by molar-refractivity contribution is -0.164. The van der Waals surface area contributed by atoms with Gasteiger partial charge in [0.05, 0.1) is 25.5 Å². The Kier molecular flexibility index (Phi) is 6.26. The molecule has 9 heteroatoms. The van der Waals surface area contributed by atoms with Gasteiger partial charge in [-0.2, -0.15) is 13.2 Å². The van der Waals surface area contributed by atoms with Crippen LogP contribution in [0, 0.1) is 0 Å². The summed E-state index contributed by atoms with van der Waals surface area (Å²) in [7, 11) is 1.24. The summed E-state index contributed by atoms with van der Waals surface area (Å²) in [5, 5.41) is 0. The summed E-state index contributed by atoms with van der Waals surface area (Å²) < 4.78 is 52.9. The van der Waals surface area contributed by atoms with E-state index in [0.717, 1.165) is 0 Å². The number of carbonyl (C=O) groups excluding carboxylic acids is 2. The Morgan fingerprint density at radius 2 is 1.85 bits per heavy atom. The molecule has 26 heavy (non-hydrogen) atoms. The predicted molar refractivity (Wildman–Crippen MR) is 83.5 cm³/mol. The van der Waals surface area contributed by atoms with Gasteiger partial charge in [0.1, 0.15) is 18.1 Å². The minimum Gasteiger partial charge on any atom is -0.484 e. The highest BCUT2D eigenvalue weighted by Gasteiger charge is 2.33. The van der Waals surface area contributed by atoms with E-state index in [1.54, 1.807) is 0 Å². The molecular formula is C17H16F3NO5. The molecule has 2 rings (SSSR count). The summed E-state index contributed by atoms with van der Waals surface area (Å²) in [4.78, 5) is 24.1. The first-order chi connectivity index (χ1) is 12.3. The van der Waals surface area contributed by atoms with E-state index in [1.807, 2.05) is 0 Å². The van der Waals surface area contributed by atoms with E-state index < -0.39 is 31.2 Å². The number of hydrogen-bond acceptors (Lipinski definition) is 5. The zero-order valence-electron chi connectivity index (χ0n) is 13.8. The molecule has 6 nitrogen and oxygen atoms in total. The monoisotopic (exact) mass is 371 g/mol. The van der Waals surface area contributed by atoms with Gasteiger partial charge in [-0.1, -0.05) is 0 Å². The number of alkyl halides is 3. The second-order valence-electron chi connectivity index (χ2n) is 5.25. The molecule has 0 radical (unpaired) electrons. The van der Waals surface area contributed by atoms with Gasteiger partial charge in [0, 0.05) is 0 Å². The predicted octanol–water partition coefficient (Wildman–Crippen LogP) is 3.04. The van der Waals surface area contributed by atoms with Crippen molar-refractivity contribution in [3.05, 3.63) is 54.0 Å². The minimum absolute atomic E-state index is 0.227. The molecule has 0 aliphatic carbocycles. The number of ether oxygens (including phenoxy) is 2. The van der Waals surface area contributed by atoms with Crippen molar-refractivity contribution < 1.29 is 36.7 Å². The number of amides is 1. The van der Waals surface area contributed by atoms with Crippen LogP contribution in [0.25, 0.3) is 0 Å². The molecule has 0 aliphatic heterocycles. The fraction of sp³-hybridized carbons (Fsp3) is 0.294. The number of nitrogens with zero attached hydrogens (tertiary/aromatic N) is 1. The van der Waals surface area contributed by atoms with Crippen LogP contribution in [0.3, 0.4) is 0 Å². The van der Waals surface area contributed by atoms with E-state index in [2.05, 4.69) is 4.74 Å². The normalized spacial score (nSPS) is 11.1. The molecule has 1 aromatic carbocycles. The van der Waals surface area contributed by atoms with E-state index in [9.17, 15) is 22.8 Å². The minimum atomic E-state index is -4.55. The smallest absolute Gasteiger partial charge is 0.406 e. The standard InChI is InChI=1S/C17H16F3NO5/c1-24-16(23)12-4-6-13(7-5-12)26-10-15(22)21(11-17(18,19)20)9-14-3-2-8-25-14/h2-8H,9-11H2,1H3. The van der Waals surface area contributed by atoms with Crippen LogP contribution < -0.4 is 4.74 Å². The molecule has 0 atom stereocenters. The van der Waals surface area contributed by atoms with Crippen LogP contribution in [-0.2, 0) is 16.1 Å². The molecule has 0 unspecified atom stereocenters. The lowest BCUT2D eigenvalue weighted by Crippen LogP contribution is -2.40. The number of benzene rings is 1. The van der Waals surface area contributed by atoms with Crippen molar-refractivity contribution in [1.82, 2.24) is 4.90 Å². The van der Waals surface area contributed by atoms with Gasteiger partial charge in [-0.25, -0.2) is 4.79 Å². The lowest BCUT2D eigenvalue weighted by Gasteiger charge is -2.23. The van der Waals surface area contributed by atoms with Crippen LogP contribution >= 0.6 is 0 Å². The van der Waals surface area contributed by atoms with Crippen molar-refractivity contribution >= 4 is 11.9 Å². The van der Waals surface area contributed by atoms with E-state index >= 15 is 0 Å². The molecule has 0 saturated carbocycles. The number of furan rings is 1. The Labute approximate surface area is 147 Å². The first-order valence-electron chi connectivity index (χ1n) is 7.46. The van der Waals surface area contributed by atoms with Gasteiger partial charge in [-0.15, -0.1) is 0 Å². The van der Waals surface area contributed by atoms with Crippen LogP contribution in [0.2, 0.25) is 0 Å². The quantitative estimate of drug-likeness (QED) is 0.700. The Hall–Kier alpha value is -2.97. The Morgan fingerprint density at radius 1 is 1.15 bits per heavy atom. The second-order valence-corrected chi connectivity index (χ2v) is 5.25. The average molecular weight is 371 g/mol. The summed E-state index contributed by atoms with van der Waals surface area (Å²) in [6, 6.07) is 8.66. The van der Waals surface area contributed by atoms with E-state index in [4.69, 9.17) is 9.15 Å². The van der Waals surface area contributed by atoms with Gasteiger partial charge in [0.15, 0.2) is 6.61 Å².